The molecule has 0 radical (unpaired) electrons. The summed E-state index contributed by atoms with van der Waals surface area (Å²) in [5.74, 6) is -1.05. The van der Waals surface area contributed by atoms with Crippen molar-refractivity contribution in [2.24, 2.45) is 0 Å². The fourth-order valence-corrected chi connectivity index (χ4v) is 1.25. The minimum Gasteiger partial charge on any atom is -0.463 e. The Balaban J connectivity index is 4.39. The first-order valence-corrected chi connectivity index (χ1v) is 6.37. The van der Waals surface area contributed by atoms with Crippen LogP contribution < -0.4 is 0 Å². The predicted molar refractivity (Wildman–Crippen MR) is 68.7 cm³/mol. The number of esters is 2. The van der Waals surface area contributed by atoms with Gasteiger partial charge in [0.25, 0.3) is 0 Å². The van der Waals surface area contributed by atoms with E-state index in [4.69, 9.17) is 18.9 Å². The van der Waals surface area contributed by atoms with Gasteiger partial charge in [0.1, 0.15) is 0 Å². The Hall–Kier alpha value is -1.14. The van der Waals surface area contributed by atoms with E-state index in [1.54, 1.807) is 27.7 Å². The van der Waals surface area contributed by atoms with Crippen molar-refractivity contribution in [3.63, 3.8) is 0 Å². The van der Waals surface area contributed by atoms with Gasteiger partial charge in [-0.15, -0.1) is 0 Å². The van der Waals surface area contributed by atoms with E-state index in [0.29, 0.717) is 6.61 Å². The smallest absolute Gasteiger partial charge is 0.336 e. The molecule has 0 aromatic heterocycles. The van der Waals surface area contributed by atoms with Crippen molar-refractivity contribution in [3.05, 3.63) is 0 Å². The lowest BCUT2D eigenvalue weighted by molar-refractivity contribution is -0.168. The summed E-state index contributed by atoms with van der Waals surface area (Å²) in [6.07, 6.45) is -1.60. The molecular weight excluding hydrogens is 252 g/mol. The first-order valence-electron chi connectivity index (χ1n) is 6.37. The van der Waals surface area contributed by atoms with Crippen LogP contribution in [0.1, 0.15) is 34.1 Å². The van der Waals surface area contributed by atoms with Gasteiger partial charge in [-0.3, -0.25) is 4.79 Å². The van der Waals surface area contributed by atoms with E-state index in [1.165, 1.54) is 7.11 Å². The molecule has 1 atom stereocenters. The van der Waals surface area contributed by atoms with Crippen LogP contribution in [0.15, 0.2) is 0 Å². The Bertz CT molecular complexity index is 274. The number of rotatable bonds is 9. The van der Waals surface area contributed by atoms with Crippen molar-refractivity contribution in [1.29, 1.82) is 0 Å². The third-order valence-corrected chi connectivity index (χ3v) is 1.94. The molecule has 0 rings (SSSR count). The zero-order valence-corrected chi connectivity index (χ0v) is 12.3. The zero-order valence-electron chi connectivity index (χ0n) is 12.3. The number of carbonyl (C=O) groups is 2. The summed E-state index contributed by atoms with van der Waals surface area (Å²) >= 11 is 0. The van der Waals surface area contributed by atoms with Gasteiger partial charge >= 0.3 is 11.9 Å². The monoisotopic (exact) mass is 276 g/mol. The van der Waals surface area contributed by atoms with Crippen LogP contribution >= 0.6 is 0 Å². The lowest BCUT2D eigenvalue weighted by atomic mass is 10.2. The summed E-state index contributed by atoms with van der Waals surface area (Å²) in [6, 6.07) is 0. The van der Waals surface area contributed by atoms with Crippen LogP contribution in [0.3, 0.4) is 0 Å². The largest absolute Gasteiger partial charge is 0.463 e. The number of methoxy groups -OCH3 is 1. The van der Waals surface area contributed by atoms with Crippen molar-refractivity contribution >= 4 is 11.9 Å². The highest BCUT2D eigenvalue weighted by Gasteiger charge is 2.26. The molecule has 0 fully saturated rings. The van der Waals surface area contributed by atoms with E-state index in [-0.39, 0.29) is 25.2 Å². The predicted octanol–water partition coefficient (Wildman–Crippen LogP) is 1.31. The van der Waals surface area contributed by atoms with Gasteiger partial charge in [0.15, 0.2) is 6.10 Å². The Morgan fingerprint density at radius 1 is 0.947 bits per heavy atom. The van der Waals surface area contributed by atoms with Gasteiger partial charge in [-0.25, -0.2) is 4.79 Å². The van der Waals surface area contributed by atoms with Gasteiger partial charge in [0.2, 0.25) is 0 Å². The summed E-state index contributed by atoms with van der Waals surface area (Å²) in [5, 5.41) is 0. The Labute approximate surface area is 114 Å². The van der Waals surface area contributed by atoms with Crippen LogP contribution in [-0.2, 0) is 28.5 Å². The van der Waals surface area contributed by atoms with Crippen LogP contribution in [0.2, 0.25) is 0 Å². The highest BCUT2D eigenvalue weighted by atomic mass is 16.6. The summed E-state index contributed by atoms with van der Waals surface area (Å²) in [7, 11) is 1.53. The average molecular weight is 276 g/mol. The van der Waals surface area contributed by atoms with Crippen molar-refractivity contribution < 1.29 is 28.5 Å². The first kappa shape index (κ1) is 17.9. The van der Waals surface area contributed by atoms with Crippen molar-refractivity contribution in [1.82, 2.24) is 0 Å². The van der Waals surface area contributed by atoms with Gasteiger partial charge in [0, 0.05) is 7.11 Å². The minimum atomic E-state index is -0.955. The highest BCUT2D eigenvalue weighted by Crippen LogP contribution is 2.07. The standard InChI is InChI=1S/C13H24O6/c1-9(2)18-12(14)8-11(17-7-6-16-5)13(15)19-10(3)4/h9-11H,6-8H2,1-5H3. The highest BCUT2D eigenvalue weighted by molar-refractivity contribution is 5.82. The Morgan fingerprint density at radius 3 is 2.00 bits per heavy atom. The summed E-state index contributed by atoms with van der Waals surface area (Å²) < 4.78 is 20.1. The second-order valence-corrected chi connectivity index (χ2v) is 4.58. The quantitative estimate of drug-likeness (QED) is 0.467. The number of carbonyl (C=O) groups excluding carboxylic acids is 2. The van der Waals surface area contributed by atoms with Crippen LogP contribution in [0.25, 0.3) is 0 Å². The molecule has 0 spiro atoms. The molecule has 1 unspecified atom stereocenters. The van der Waals surface area contributed by atoms with E-state index in [2.05, 4.69) is 0 Å². The topological polar surface area (TPSA) is 71.1 Å². The second kappa shape index (κ2) is 9.75. The molecule has 6 nitrogen and oxygen atoms in total. The summed E-state index contributed by atoms with van der Waals surface area (Å²) in [5.41, 5.74) is 0. The van der Waals surface area contributed by atoms with Crippen LogP contribution in [0.4, 0.5) is 0 Å². The van der Waals surface area contributed by atoms with Gasteiger partial charge in [-0.1, -0.05) is 0 Å². The second-order valence-electron chi connectivity index (χ2n) is 4.58. The van der Waals surface area contributed by atoms with Crippen LogP contribution in [-0.4, -0.2) is 50.6 Å². The maximum atomic E-state index is 11.8. The Kier molecular flexibility index (Phi) is 9.16. The molecule has 0 aliphatic rings. The van der Waals surface area contributed by atoms with E-state index in [9.17, 15) is 9.59 Å². The molecule has 19 heavy (non-hydrogen) atoms. The SMILES string of the molecule is COCCOC(CC(=O)OC(C)C)C(=O)OC(C)C. The lowest BCUT2D eigenvalue weighted by Gasteiger charge is -2.18. The van der Waals surface area contributed by atoms with Gasteiger partial charge in [0.05, 0.1) is 31.8 Å². The fraction of sp³-hybridized carbons (Fsp3) is 0.846. The number of hydrogen-bond donors (Lipinski definition) is 0. The van der Waals surface area contributed by atoms with Crippen molar-refractivity contribution in [2.45, 2.75) is 52.4 Å². The molecule has 0 heterocycles. The lowest BCUT2D eigenvalue weighted by Crippen LogP contribution is -2.33. The van der Waals surface area contributed by atoms with Gasteiger partial charge in [-0.05, 0) is 27.7 Å². The number of hydrogen-bond acceptors (Lipinski definition) is 6. The maximum Gasteiger partial charge on any atom is 0.336 e. The summed E-state index contributed by atoms with van der Waals surface area (Å²) in [6.45, 7) is 7.50. The molecule has 0 aromatic rings. The summed E-state index contributed by atoms with van der Waals surface area (Å²) in [4.78, 5) is 23.3. The average Bonchev–Trinajstić information content (AvgIpc) is 2.25. The molecule has 0 aromatic carbocycles. The molecule has 0 bridgehead atoms. The molecular formula is C13H24O6. The molecule has 0 amide bonds. The Morgan fingerprint density at radius 2 is 1.53 bits per heavy atom. The minimum absolute atomic E-state index is 0.159. The molecule has 6 heteroatoms. The van der Waals surface area contributed by atoms with E-state index in [1.807, 2.05) is 0 Å². The molecule has 0 aliphatic carbocycles. The molecule has 0 saturated heterocycles. The van der Waals surface area contributed by atoms with E-state index < -0.39 is 18.0 Å². The normalized spacial score (nSPS) is 12.6. The molecule has 0 aliphatic heterocycles. The fourth-order valence-electron chi connectivity index (χ4n) is 1.25. The van der Waals surface area contributed by atoms with E-state index >= 15 is 0 Å². The molecule has 0 N–H and O–H groups in total. The van der Waals surface area contributed by atoms with E-state index in [0.717, 1.165) is 0 Å². The maximum absolute atomic E-state index is 11.8. The number of ether oxygens (including phenoxy) is 4. The van der Waals surface area contributed by atoms with Gasteiger partial charge < -0.3 is 18.9 Å². The third-order valence-electron chi connectivity index (χ3n) is 1.94. The van der Waals surface area contributed by atoms with Crippen molar-refractivity contribution in [2.75, 3.05) is 20.3 Å². The third kappa shape index (κ3) is 9.44. The van der Waals surface area contributed by atoms with Crippen LogP contribution in [0.5, 0.6) is 0 Å². The van der Waals surface area contributed by atoms with Crippen molar-refractivity contribution in [3.8, 4) is 0 Å². The van der Waals surface area contributed by atoms with Gasteiger partial charge in [-0.2, -0.15) is 0 Å². The zero-order chi connectivity index (χ0) is 14.8. The molecule has 112 valence electrons. The first-order chi connectivity index (χ1) is 8.86. The molecule has 0 saturated carbocycles. The van der Waals surface area contributed by atoms with Crippen LogP contribution in [0, 0.1) is 0 Å².